The van der Waals surface area contributed by atoms with Crippen LogP contribution in [0.3, 0.4) is 0 Å². The van der Waals surface area contributed by atoms with E-state index in [-0.39, 0.29) is 23.7 Å². The first-order valence-electron chi connectivity index (χ1n) is 12.7. The van der Waals surface area contributed by atoms with Crippen molar-refractivity contribution in [1.29, 1.82) is 5.41 Å². The molecule has 2 N–H and O–H groups in total. The summed E-state index contributed by atoms with van der Waals surface area (Å²) in [6, 6.07) is 21.8. The number of rotatable bonds is 12. The largest absolute Gasteiger partial charge is 0.494 e. The molecule has 0 heterocycles. The summed E-state index contributed by atoms with van der Waals surface area (Å²) in [5.74, 6) is 0.989. The molecule has 8 heteroatoms. The van der Waals surface area contributed by atoms with Gasteiger partial charge in [0.1, 0.15) is 17.3 Å². The van der Waals surface area contributed by atoms with E-state index in [4.69, 9.17) is 26.5 Å². The van der Waals surface area contributed by atoms with Crippen molar-refractivity contribution in [3.8, 4) is 11.5 Å². The summed E-state index contributed by atoms with van der Waals surface area (Å²) in [6.45, 7) is 6.42. The van der Waals surface area contributed by atoms with Crippen molar-refractivity contribution in [2.24, 2.45) is 0 Å². The highest BCUT2D eigenvalue weighted by atomic mass is 35.5. The van der Waals surface area contributed by atoms with Crippen LogP contribution in [-0.2, 0) is 4.79 Å². The second-order valence-electron chi connectivity index (χ2n) is 9.08. The van der Waals surface area contributed by atoms with Gasteiger partial charge in [-0.2, -0.15) is 0 Å². The molecule has 3 aromatic carbocycles. The maximum absolute atomic E-state index is 13.2. The van der Waals surface area contributed by atoms with Gasteiger partial charge in [-0.05, 0) is 87.7 Å². The van der Waals surface area contributed by atoms with Gasteiger partial charge in [-0.1, -0.05) is 29.8 Å². The van der Waals surface area contributed by atoms with Gasteiger partial charge in [-0.25, -0.2) is 0 Å². The molecule has 0 aliphatic heterocycles. The minimum Gasteiger partial charge on any atom is -0.494 e. The molecule has 0 saturated carbocycles. The van der Waals surface area contributed by atoms with Crippen molar-refractivity contribution in [2.45, 2.75) is 46.1 Å². The van der Waals surface area contributed by atoms with Gasteiger partial charge in [0.2, 0.25) is 5.91 Å². The van der Waals surface area contributed by atoms with Gasteiger partial charge >= 0.3 is 0 Å². The predicted molar refractivity (Wildman–Crippen MR) is 152 cm³/mol. The molecule has 0 atom stereocenters. The lowest BCUT2D eigenvalue weighted by atomic mass is 10.1. The van der Waals surface area contributed by atoms with E-state index in [2.05, 4.69) is 5.32 Å². The molecule has 0 fully saturated rings. The van der Waals surface area contributed by atoms with Crippen LogP contribution in [0.15, 0.2) is 72.8 Å². The summed E-state index contributed by atoms with van der Waals surface area (Å²) in [6.07, 6.45) is 2.64. The van der Waals surface area contributed by atoms with Crippen LogP contribution < -0.4 is 19.7 Å². The Morgan fingerprint density at radius 3 is 2.08 bits per heavy atom. The Balaban J connectivity index is 1.40. The number of amidine groups is 1. The zero-order chi connectivity index (χ0) is 27.5. The molecular weight excluding hydrogens is 502 g/mol. The van der Waals surface area contributed by atoms with Crippen LogP contribution in [0.5, 0.6) is 11.5 Å². The Hall–Kier alpha value is -3.84. The number of unbranched alkanes of at least 4 members (excludes halogenated alkanes) is 2. The Morgan fingerprint density at radius 1 is 0.895 bits per heavy atom. The van der Waals surface area contributed by atoms with E-state index < -0.39 is 0 Å². The van der Waals surface area contributed by atoms with Gasteiger partial charge in [0.15, 0.2) is 0 Å². The summed E-state index contributed by atoms with van der Waals surface area (Å²) in [5.41, 5.74) is 1.89. The average molecular weight is 536 g/mol. The fraction of sp³-hybridized carbons (Fsp3) is 0.300. The first-order valence-corrected chi connectivity index (χ1v) is 13.0. The highest BCUT2D eigenvalue weighted by Crippen LogP contribution is 2.27. The third kappa shape index (κ3) is 8.35. The van der Waals surface area contributed by atoms with Gasteiger partial charge in [0, 0.05) is 24.2 Å². The van der Waals surface area contributed by atoms with Gasteiger partial charge < -0.3 is 19.7 Å². The van der Waals surface area contributed by atoms with Crippen LogP contribution in [0.2, 0.25) is 5.02 Å². The number of hydrogen-bond acceptors (Lipinski definition) is 5. The molecule has 0 spiro atoms. The van der Waals surface area contributed by atoms with E-state index in [9.17, 15) is 9.59 Å². The third-order valence-electron chi connectivity index (χ3n) is 5.71. The number of nitrogens with zero attached hydrogens (tertiary/aromatic N) is 1. The normalized spacial score (nSPS) is 10.7. The highest BCUT2D eigenvalue weighted by molar-refractivity contribution is 6.34. The molecule has 0 unspecified atom stereocenters. The van der Waals surface area contributed by atoms with Crippen molar-refractivity contribution in [3.05, 3.63) is 88.9 Å². The van der Waals surface area contributed by atoms with E-state index in [1.165, 1.54) is 6.92 Å². The summed E-state index contributed by atoms with van der Waals surface area (Å²) in [4.78, 5) is 26.0. The van der Waals surface area contributed by atoms with E-state index >= 15 is 0 Å². The van der Waals surface area contributed by atoms with E-state index in [1.54, 1.807) is 47.4 Å². The number of para-hydroxylation sites is 1. The summed E-state index contributed by atoms with van der Waals surface area (Å²) >= 11 is 6.47. The number of carbonyl (C=O) groups excluding carboxylic acids is 2. The molecule has 200 valence electrons. The lowest BCUT2D eigenvalue weighted by Gasteiger charge is -2.27. The smallest absolute Gasteiger partial charge is 0.260 e. The molecule has 3 aromatic rings. The van der Waals surface area contributed by atoms with Crippen LogP contribution in [0.1, 0.15) is 56.0 Å². The van der Waals surface area contributed by atoms with E-state index in [1.807, 2.05) is 44.2 Å². The average Bonchev–Trinajstić information content (AvgIpc) is 2.88. The second-order valence-corrected chi connectivity index (χ2v) is 9.49. The number of nitrogens with one attached hydrogen (secondary N) is 2. The second kappa shape index (κ2) is 14.2. The van der Waals surface area contributed by atoms with E-state index in [0.717, 1.165) is 24.9 Å². The number of anilines is 1. The standard InChI is InChI=1S/C30H34ClN3O4/c1-21(2)34(24-10-6-4-7-11-24)30(36)27-17-16-26(20-28(27)31)38-19-9-5-8-18-37-25-14-12-23(13-15-25)29(32)33-22(3)35/h4,6-7,10-17,20-21H,5,8-9,18-19H2,1-3H3,(H2,32,33,35). The van der Waals surface area contributed by atoms with Gasteiger partial charge in [0.05, 0.1) is 23.8 Å². The molecule has 0 bridgehead atoms. The molecule has 3 rings (SSSR count). The van der Waals surface area contributed by atoms with Crippen molar-refractivity contribution >= 4 is 34.9 Å². The summed E-state index contributed by atoms with van der Waals surface area (Å²) < 4.78 is 11.6. The molecule has 0 aromatic heterocycles. The predicted octanol–water partition coefficient (Wildman–Crippen LogP) is 6.48. The molecule has 0 aliphatic carbocycles. The summed E-state index contributed by atoms with van der Waals surface area (Å²) in [7, 11) is 0. The van der Waals surface area contributed by atoms with Gasteiger partial charge in [0.25, 0.3) is 5.91 Å². The number of carbonyl (C=O) groups is 2. The van der Waals surface area contributed by atoms with Gasteiger partial charge in [-0.15, -0.1) is 0 Å². The van der Waals surface area contributed by atoms with Crippen LogP contribution in [0.25, 0.3) is 0 Å². The van der Waals surface area contributed by atoms with Crippen molar-refractivity contribution in [3.63, 3.8) is 0 Å². The zero-order valence-corrected chi connectivity index (χ0v) is 22.8. The number of amides is 2. The lowest BCUT2D eigenvalue weighted by molar-refractivity contribution is -0.117. The fourth-order valence-corrected chi connectivity index (χ4v) is 4.11. The SMILES string of the molecule is CC(=O)NC(=N)c1ccc(OCCCCCOc2ccc(C(=O)N(c3ccccc3)C(C)C)c(Cl)c2)cc1. The van der Waals surface area contributed by atoms with Crippen LogP contribution in [-0.4, -0.2) is 36.9 Å². The molecule has 0 radical (unpaired) electrons. The quantitative estimate of drug-likeness (QED) is 0.158. The number of halogens is 1. The number of benzene rings is 3. The maximum atomic E-state index is 13.2. The molecule has 38 heavy (non-hydrogen) atoms. The van der Waals surface area contributed by atoms with Crippen LogP contribution >= 0.6 is 11.6 Å². The third-order valence-corrected chi connectivity index (χ3v) is 6.02. The van der Waals surface area contributed by atoms with E-state index in [0.29, 0.717) is 40.9 Å². The monoisotopic (exact) mass is 535 g/mol. The molecule has 0 aliphatic rings. The number of ether oxygens (including phenoxy) is 2. The molecular formula is C30H34ClN3O4. The van der Waals surface area contributed by atoms with Crippen molar-refractivity contribution in [2.75, 3.05) is 18.1 Å². The Bertz CT molecular complexity index is 1230. The first kappa shape index (κ1) is 28.7. The molecule has 7 nitrogen and oxygen atoms in total. The lowest BCUT2D eigenvalue weighted by Crippen LogP contribution is -2.37. The van der Waals surface area contributed by atoms with Crippen LogP contribution in [0.4, 0.5) is 5.69 Å². The Morgan fingerprint density at radius 2 is 1.50 bits per heavy atom. The van der Waals surface area contributed by atoms with Crippen molar-refractivity contribution < 1.29 is 19.1 Å². The van der Waals surface area contributed by atoms with Gasteiger partial charge in [-0.3, -0.25) is 15.0 Å². The minimum absolute atomic E-state index is 0.0233. The summed E-state index contributed by atoms with van der Waals surface area (Å²) in [5, 5.41) is 10.6. The minimum atomic E-state index is -0.272. The molecule has 0 saturated heterocycles. The fourth-order valence-electron chi connectivity index (χ4n) is 3.85. The van der Waals surface area contributed by atoms with Crippen molar-refractivity contribution in [1.82, 2.24) is 5.32 Å². The van der Waals surface area contributed by atoms with Crippen LogP contribution in [0, 0.1) is 5.41 Å². The number of hydrogen-bond donors (Lipinski definition) is 2. The first-order chi connectivity index (χ1) is 18.3. The molecule has 2 amide bonds. The maximum Gasteiger partial charge on any atom is 0.260 e. The highest BCUT2D eigenvalue weighted by Gasteiger charge is 2.22. The topological polar surface area (TPSA) is 91.7 Å². The Kier molecular flexibility index (Phi) is 10.7. The Labute approximate surface area is 229 Å². The zero-order valence-electron chi connectivity index (χ0n) is 22.0.